The summed E-state index contributed by atoms with van der Waals surface area (Å²) in [6.07, 6.45) is -7.64. The first-order valence-corrected chi connectivity index (χ1v) is 9.70. The van der Waals surface area contributed by atoms with Crippen LogP contribution in [0.4, 0.5) is 27.6 Å². The van der Waals surface area contributed by atoms with Crippen molar-refractivity contribution in [3.05, 3.63) is 77.1 Å². The number of aromatic hydroxyl groups is 1. The van der Waals surface area contributed by atoms with E-state index in [1.807, 2.05) is 0 Å². The number of amides is 1. The number of carbonyl (C=O) groups is 1. The van der Waals surface area contributed by atoms with E-state index in [1.54, 1.807) is 0 Å². The molecule has 1 atom stereocenters. The van der Waals surface area contributed by atoms with E-state index in [1.165, 1.54) is 24.3 Å². The molecule has 0 spiro atoms. The van der Waals surface area contributed by atoms with Crippen LogP contribution in [0.15, 0.2) is 54.7 Å². The zero-order chi connectivity index (χ0) is 24.5. The van der Waals surface area contributed by atoms with Gasteiger partial charge in [-0.15, -0.1) is 8.78 Å². The number of hydrogen-bond donors (Lipinski definition) is 2. The van der Waals surface area contributed by atoms with E-state index in [-0.39, 0.29) is 11.3 Å². The minimum absolute atomic E-state index is 0.0520. The quantitative estimate of drug-likeness (QED) is 0.553. The van der Waals surface area contributed by atoms with Gasteiger partial charge in [0.1, 0.15) is 5.75 Å². The monoisotopic (exact) mass is 480 g/mol. The number of aromatic nitrogens is 1. The van der Waals surface area contributed by atoms with E-state index in [2.05, 4.69) is 14.5 Å². The van der Waals surface area contributed by atoms with Gasteiger partial charge in [0.2, 0.25) is 5.60 Å². The fourth-order valence-electron chi connectivity index (χ4n) is 4.10. The lowest BCUT2D eigenvalue weighted by Gasteiger charge is -2.25. The average Bonchev–Trinajstić information content (AvgIpc) is 3.18. The molecule has 2 aliphatic rings. The summed E-state index contributed by atoms with van der Waals surface area (Å²) in [4.78, 5) is 18.1. The van der Waals surface area contributed by atoms with Gasteiger partial charge < -0.3 is 24.6 Å². The van der Waals surface area contributed by atoms with Crippen LogP contribution >= 0.6 is 0 Å². The number of phenolic OH excluding ortho intramolecular Hbond substituents is 1. The molecule has 2 aliphatic heterocycles. The molecule has 1 aromatic heterocycles. The Hall–Kier alpha value is -3.93. The van der Waals surface area contributed by atoms with E-state index in [0.717, 1.165) is 35.4 Å². The standard InChI is InChI=1S/C22H13F5N2O5/c23-21(24,25)11-5-3-7-28-14(11)10-29-15-6-2-1-4-12(15)20(32,19(29)31)13-8-17-18(9-16(13)30)34-22(26,27)33-17/h1-9,30,32H,10H2. The molecule has 3 heterocycles. The van der Waals surface area contributed by atoms with Gasteiger partial charge >= 0.3 is 12.5 Å². The topological polar surface area (TPSA) is 92.1 Å². The molecule has 1 amide bonds. The number of fused-ring (bicyclic) bond motifs is 2. The summed E-state index contributed by atoms with van der Waals surface area (Å²) in [6, 6.07) is 9.16. The number of anilines is 1. The maximum Gasteiger partial charge on any atom is 0.586 e. The van der Waals surface area contributed by atoms with E-state index in [4.69, 9.17) is 0 Å². The Morgan fingerprint density at radius 2 is 1.68 bits per heavy atom. The Labute approximate surface area is 187 Å². The molecular weight excluding hydrogens is 467 g/mol. The van der Waals surface area contributed by atoms with Gasteiger partial charge in [-0.05, 0) is 24.3 Å². The lowest BCUT2D eigenvalue weighted by atomic mass is 9.86. The van der Waals surface area contributed by atoms with Crippen molar-refractivity contribution >= 4 is 11.6 Å². The first-order chi connectivity index (χ1) is 15.9. The maximum absolute atomic E-state index is 13.5. The van der Waals surface area contributed by atoms with Crippen molar-refractivity contribution in [3.8, 4) is 17.2 Å². The van der Waals surface area contributed by atoms with Crippen LogP contribution in [-0.2, 0) is 23.1 Å². The number of ether oxygens (including phenoxy) is 2. The van der Waals surface area contributed by atoms with E-state index in [0.29, 0.717) is 0 Å². The minimum Gasteiger partial charge on any atom is -0.507 e. The van der Waals surface area contributed by atoms with Crippen LogP contribution < -0.4 is 14.4 Å². The second-order valence-electron chi connectivity index (χ2n) is 7.60. The number of alkyl halides is 5. The summed E-state index contributed by atoms with van der Waals surface area (Å²) in [6.45, 7) is -0.656. The van der Waals surface area contributed by atoms with Crippen molar-refractivity contribution < 1.29 is 46.4 Å². The molecule has 0 aliphatic carbocycles. The molecule has 2 aromatic carbocycles. The highest BCUT2D eigenvalue weighted by Gasteiger charge is 2.54. The van der Waals surface area contributed by atoms with Crippen LogP contribution in [-0.4, -0.2) is 27.4 Å². The van der Waals surface area contributed by atoms with E-state index >= 15 is 0 Å². The Morgan fingerprint density at radius 1 is 1.00 bits per heavy atom. The number of carbonyl (C=O) groups excluding carboxylic acids is 1. The second kappa shape index (κ2) is 7.03. The molecule has 0 bridgehead atoms. The number of para-hydroxylation sites is 1. The highest BCUT2D eigenvalue weighted by Crippen LogP contribution is 2.52. The Bertz CT molecular complexity index is 1330. The van der Waals surface area contributed by atoms with Crippen molar-refractivity contribution in [1.82, 2.24) is 4.98 Å². The molecule has 3 aromatic rings. The molecule has 1 unspecified atom stereocenters. The van der Waals surface area contributed by atoms with Crippen molar-refractivity contribution in [1.29, 1.82) is 0 Å². The number of aliphatic hydroxyl groups is 1. The van der Waals surface area contributed by atoms with Gasteiger partial charge in [-0.2, -0.15) is 13.2 Å². The molecular formula is C22H13F5N2O5. The summed E-state index contributed by atoms with van der Waals surface area (Å²) in [5.41, 5.74) is -4.70. The van der Waals surface area contributed by atoms with Gasteiger partial charge in [0.15, 0.2) is 11.5 Å². The number of halogens is 5. The third-order valence-electron chi connectivity index (χ3n) is 5.55. The molecule has 5 rings (SSSR count). The predicted octanol–water partition coefficient (Wildman–Crippen LogP) is 3.91. The number of benzene rings is 2. The molecule has 2 N–H and O–H groups in total. The molecule has 12 heteroatoms. The van der Waals surface area contributed by atoms with E-state index in [9.17, 15) is 37.0 Å². The Balaban J connectivity index is 1.62. The van der Waals surface area contributed by atoms with Crippen LogP contribution in [0.2, 0.25) is 0 Å². The van der Waals surface area contributed by atoms with Gasteiger partial charge in [-0.3, -0.25) is 9.78 Å². The van der Waals surface area contributed by atoms with Crippen molar-refractivity contribution in [2.45, 2.75) is 24.6 Å². The second-order valence-corrected chi connectivity index (χ2v) is 7.60. The maximum atomic E-state index is 13.5. The SMILES string of the molecule is O=C1N(Cc2ncccc2C(F)(F)F)c2ccccc2C1(O)c1cc2c(cc1O)OC(F)(F)O2. The first-order valence-electron chi connectivity index (χ1n) is 9.70. The zero-order valence-electron chi connectivity index (χ0n) is 16.8. The molecule has 0 fully saturated rings. The van der Waals surface area contributed by atoms with Crippen molar-refractivity contribution in [3.63, 3.8) is 0 Å². The fourth-order valence-corrected chi connectivity index (χ4v) is 4.10. The number of rotatable bonds is 3. The fraction of sp³-hybridized carbons (Fsp3) is 0.182. The molecule has 0 saturated carbocycles. The molecule has 34 heavy (non-hydrogen) atoms. The molecule has 0 saturated heterocycles. The lowest BCUT2D eigenvalue weighted by Crippen LogP contribution is -2.41. The van der Waals surface area contributed by atoms with Crippen LogP contribution in [0.5, 0.6) is 17.2 Å². The normalized spacial score (nSPS) is 20.5. The largest absolute Gasteiger partial charge is 0.586 e. The highest BCUT2D eigenvalue weighted by atomic mass is 19.4. The molecule has 0 radical (unpaired) electrons. The average molecular weight is 480 g/mol. The summed E-state index contributed by atoms with van der Waals surface area (Å²) in [7, 11) is 0. The van der Waals surface area contributed by atoms with Crippen molar-refractivity contribution in [2.75, 3.05) is 4.90 Å². The highest BCUT2D eigenvalue weighted by molar-refractivity contribution is 6.09. The number of hydrogen-bond acceptors (Lipinski definition) is 6. The minimum atomic E-state index is -4.75. The number of pyridine rings is 1. The number of nitrogens with zero attached hydrogens (tertiary/aromatic N) is 2. The number of phenols is 1. The van der Waals surface area contributed by atoms with Gasteiger partial charge in [-0.25, -0.2) is 0 Å². The van der Waals surface area contributed by atoms with Gasteiger partial charge in [0.05, 0.1) is 23.5 Å². The third kappa shape index (κ3) is 3.21. The van der Waals surface area contributed by atoms with Gasteiger partial charge in [0.25, 0.3) is 5.91 Å². The summed E-state index contributed by atoms with van der Waals surface area (Å²) < 4.78 is 75.9. The molecule has 7 nitrogen and oxygen atoms in total. The van der Waals surface area contributed by atoms with Crippen LogP contribution in [0, 0.1) is 0 Å². The van der Waals surface area contributed by atoms with Crippen molar-refractivity contribution in [2.24, 2.45) is 0 Å². The Kier molecular flexibility index (Phi) is 4.53. The smallest absolute Gasteiger partial charge is 0.507 e. The first kappa shape index (κ1) is 21.9. The molecule has 176 valence electrons. The summed E-state index contributed by atoms with van der Waals surface area (Å²) in [5, 5.41) is 22.0. The van der Waals surface area contributed by atoms with Gasteiger partial charge in [0, 0.05) is 23.4 Å². The Morgan fingerprint density at radius 3 is 2.38 bits per heavy atom. The predicted molar refractivity (Wildman–Crippen MR) is 104 cm³/mol. The van der Waals surface area contributed by atoms with E-state index < -0.39 is 64.6 Å². The zero-order valence-corrected chi connectivity index (χ0v) is 16.8. The summed E-state index contributed by atoms with van der Waals surface area (Å²) >= 11 is 0. The van der Waals surface area contributed by atoms with Crippen LogP contribution in [0.1, 0.15) is 22.4 Å². The van der Waals surface area contributed by atoms with Crippen LogP contribution in [0.25, 0.3) is 0 Å². The third-order valence-corrected chi connectivity index (χ3v) is 5.55. The van der Waals surface area contributed by atoms with Gasteiger partial charge in [-0.1, -0.05) is 18.2 Å². The summed E-state index contributed by atoms with van der Waals surface area (Å²) in [5.74, 6) is -2.94. The lowest BCUT2D eigenvalue weighted by molar-refractivity contribution is -0.286. The van der Waals surface area contributed by atoms with Crippen LogP contribution in [0.3, 0.4) is 0 Å².